The molecule has 0 fully saturated rings. The molecule has 0 radical (unpaired) electrons. The summed E-state index contributed by atoms with van der Waals surface area (Å²) in [7, 11) is 0. The number of benzene rings is 1. The van der Waals surface area contributed by atoms with E-state index in [1.54, 1.807) is 12.1 Å². The van der Waals surface area contributed by atoms with Gasteiger partial charge in [-0.1, -0.05) is 23.7 Å². The quantitative estimate of drug-likeness (QED) is 0.754. The highest BCUT2D eigenvalue weighted by Crippen LogP contribution is 2.18. The third-order valence-corrected chi connectivity index (χ3v) is 1.95. The van der Waals surface area contributed by atoms with Gasteiger partial charge in [-0.15, -0.1) is 0 Å². The van der Waals surface area contributed by atoms with Gasteiger partial charge in [-0.2, -0.15) is 0 Å². The predicted molar refractivity (Wildman–Crippen MR) is 50.1 cm³/mol. The topological polar surface area (TPSA) is 46.2 Å². The Balaban J connectivity index is 2.68. The lowest BCUT2D eigenvalue weighted by Crippen LogP contribution is -2.06. The molecule has 0 aliphatic rings. The summed E-state index contributed by atoms with van der Waals surface area (Å²) in [5, 5.41) is 10.2. The molecule has 0 saturated carbocycles. The Bertz CT molecular complexity index is 235. The molecule has 0 spiro atoms. The molecule has 12 heavy (non-hydrogen) atoms. The fraction of sp³-hybridized carbons (Fsp3) is 0.333. The van der Waals surface area contributed by atoms with Crippen molar-refractivity contribution < 1.29 is 5.11 Å². The summed E-state index contributed by atoms with van der Waals surface area (Å²) >= 11 is 5.69. The molecule has 0 amide bonds. The van der Waals surface area contributed by atoms with Crippen molar-refractivity contribution in [3.8, 4) is 0 Å². The van der Waals surface area contributed by atoms with E-state index in [0.29, 0.717) is 18.0 Å². The monoisotopic (exact) mass is 185 g/mol. The second-order valence-electron chi connectivity index (χ2n) is 2.64. The van der Waals surface area contributed by atoms with E-state index in [0.717, 1.165) is 5.56 Å². The van der Waals surface area contributed by atoms with Crippen LogP contribution in [-0.2, 0) is 0 Å². The molecule has 1 rings (SSSR count). The number of hydrogen-bond donors (Lipinski definition) is 2. The number of nitrogens with two attached hydrogens (primary N) is 1. The molecule has 1 atom stereocenters. The van der Waals surface area contributed by atoms with Gasteiger partial charge in [0.2, 0.25) is 0 Å². The zero-order valence-corrected chi connectivity index (χ0v) is 7.46. The summed E-state index contributed by atoms with van der Waals surface area (Å²) in [6, 6.07) is 7.14. The average Bonchev–Trinajstić information content (AvgIpc) is 2.06. The molecule has 3 heteroatoms. The van der Waals surface area contributed by atoms with Crippen LogP contribution in [0.5, 0.6) is 0 Å². The maximum Gasteiger partial charge on any atom is 0.0802 e. The van der Waals surface area contributed by atoms with Crippen LogP contribution in [0, 0.1) is 0 Å². The standard InChI is InChI=1S/C9H12ClNO/c10-8-3-1-7(2-4-8)9(12)5-6-11/h1-4,9,12H,5-6,11H2/t9-/m0/s1. The number of halogens is 1. The predicted octanol–water partition coefficient (Wildman–Crippen LogP) is 1.72. The van der Waals surface area contributed by atoms with Crippen molar-refractivity contribution in [3.05, 3.63) is 34.9 Å². The van der Waals surface area contributed by atoms with Gasteiger partial charge in [-0.3, -0.25) is 0 Å². The van der Waals surface area contributed by atoms with Gasteiger partial charge in [0, 0.05) is 5.02 Å². The average molecular weight is 186 g/mol. The van der Waals surface area contributed by atoms with Crippen molar-refractivity contribution in [1.82, 2.24) is 0 Å². The second kappa shape index (κ2) is 4.45. The smallest absolute Gasteiger partial charge is 0.0802 e. The Hall–Kier alpha value is -0.570. The minimum Gasteiger partial charge on any atom is -0.388 e. The first-order valence-corrected chi connectivity index (χ1v) is 4.25. The molecule has 1 aromatic carbocycles. The highest BCUT2D eigenvalue weighted by molar-refractivity contribution is 6.30. The van der Waals surface area contributed by atoms with Crippen LogP contribution in [0.15, 0.2) is 24.3 Å². The van der Waals surface area contributed by atoms with Crippen molar-refractivity contribution in [2.75, 3.05) is 6.54 Å². The second-order valence-corrected chi connectivity index (χ2v) is 3.08. The van der Waals surface area contributed by atoms with Gasteiger partial charge in [0.15, 0.2) is 0 Å². The summed E-state index contributed by atoms with van der Waals surface area (Å²) in [5.74, 6) is 0. The van der Waals surface area contributed by atoms with Crippen molar-refractivity contribution in [2.24, 2.45) is 5.73 Å². The van der Waals surface area contributed by atoms with Gasteiger partial charge in [-0.25, -0.2) is 0 Å². The summed E-state index contributed by atoms with van der Waals surface area (Å²) in [5.41, 5.74) is 6.18. The molecule has 0 aliphatic carbocycles. The number of aliphatic hydroxyl groups excluding tert-OH is 1. The molecule has 0 heterocycles. The van der Waals surface area contributed by atoms with Crippen molar-refractivity contribution >= 4 is 11.6 Å². The van der Waals surface area contributed by atoms with Crippen LogP contribution < -0.4 is 5.73 Å². The molecular weight excluding hydrogens is 174 g/mol. The van der Waals surface area contributed by atoms with Gasteiger partial charge >= 0.3 is 0 Å². The first-order valence-electron chi connectivity index (χ1n) is 3.87. The van der Waals surface area contributed by atoms with E-state index in [-0.39, 0.29) is 0 Å². The molecule has 0 bridgehead atoms. The zero-order valence-electron chi connectivity index (χ0n) is 6.70. The van der Waals surface area contributed by atoms with E-state index in [2.05, 4.69) is 0 Å². The van der Waals surface area contributed by atoms with Crippen LogP contribution in [0.25, 0.3) is 0 Å². The van der Waals surface area contributed by atoms with Crippen molar-refractivity contribution in [2.45, 2.75) is 12.5 Å². The lowest BCUT2D eigenvalue weighted by atomic mass is 10.1. The van der Waals surface area contributed by atoms with Crippen LogP contribution in [0.3, 0.4) is 0 Å². The van der Waals surface area contributed by atoms with E-state index in [4.69, 9.17) is 17.3 Å². The molecule has 1 aromatic rings. The van der Waals surface area contributed by atoms with Gasteiger partial charge in [0.1, 0.15) is 0 Å². The summed E-state index contributed by atoms with van der Waals surface area (Å²) in [6.07, 6.45) is 0.119. The minimum atomic E-state index is -0.465. The molecule has 0 aliphatic heterocycles. The highest BCUT2D eigenvalue weighted by Gasteiger charge is 2.04. The molecule has 2 nitrogen and oxygen atoms in total. The van der Waals surface area contributed by atoms with Gasteiger partial charge in [-0.05, 0) is 30.7 Å². The van der Waals surface area contributed by atoms with Gasteiger partial charge in [0.05, 0.1) is 6.10 Å². The molecule has 3 N–H and O–H groups in total. The van der Waals surface area contributed by atoms with E-state index >= 15 is 0 Å². The normalized spacial score (nSPS) is 12.9. The van der Waals surface area contributed by atoms with Crippen LogP contribution in [0.2, 0.25) is 5.02 Å². The Morgan fingerprint density at radius 1 is 1.33 bits per heavy atom. The van der Waals surface area contributed by atoms with Gasteiger partial charge < -0.3 is 10.8 Å². The third kappa shape index (κ3) is 2.48. The maximum absolute atomic E-state index is 9.49. The van der Waals surface area contributed by atoms with E-state index in [1.807, 2.05) is 12.1 Å². The Morgan fingerprint density at radius 2 is 1.92 bits per heavy atom. The van der Waals surface area contributed by atoms with Crippen LogP contribution in [0.1, 0.15) is 18.1 Å². The fourth-order valence-electron chi connectivity index (χ4n) is 1.01. The molecule has 66 valence electrons. The minimum absolute atomic E-state index is 0.465. The summed E-state index contributed by atoms with van der Waals surface area (Å²) in [6.45, 7) is 0.490. The number of aliphatic hydroxyl groups is 1. The van der Waals surface area contributed by atoms with E-state index < -0.39 is 6.10 Å². The van der Waals surface area contributed by atoms with Crippen molar-refractivity contribution in [1.29, 1.82) is 0 Å². The first-order chi connectivity index (χ1) is 5.74. The largest absolute Gasteiger partial charge is 0.388 e. The Morgan fingerprint density at radius 3 is 2.42 bits per heavy atom. The highest BCUT2D eigenvalue weighted by atomic mass is 35.5. The summed E-state index contributed by atoms with van der Waals surface area (Å²) in [4.78, 5) is 0. The van der Waals surface area contributed by atoms with Crippen molar-refractivity contribution in [3.63, 3.8) is 0 Å². The lowest BCUT2D eigenvalue weighted by molar-refractivity contribution is 0.170. The van der Waals surface area contributed by atoms with E-state index in [1.165, 1.54) is 0 Å². The Kier molecular flexibility index (Phi) is 3.53. The summed E-state index contributed by atoms with van der Waals surface area (Å²) < 4.78 is 0. The molecular formula is C9H12ClNO. The third-order valence-electron chi connectivity index (χ3n) is 1.69. The fourth-order valence-corrected chi connectivity index (χ4v) is 1.14. The van der Waals surface area contributed by atoms with E-state index in [9.17, 15) is 5.11 Å². The van der Waals surface area contributed by atoms with Crippen LogP contribution in [0.4, 0.5) is 0 Å². The lowest BCUT2D eigenvalue weighted by Gasteiger charge is -2.08. The molecule has 0 aromatic heterocycles. The zero-order chi connectivity index (χ0) is 8.97. The SMILES string of the molecule is NCC[C@H](O)c1ccc(Cl)cc1. The number of hydrogen-bond acceptors (Lipinski definition) is 2. The Labute approximate surface area is 77.0 Å². The number of rotatable bonds is 3. The first kappa shape index (κ1) is 9.52. The molecule has 0 unspecified atom stereocenters. The van der Waals surface area contributed by atoms with Crippen LogP contribution >= 0.6 is 11.6 Å². The van der Waals surface area contributed by atoms with Gasteiger partial charge in [0.25, 0.3) is 0 Å². The molecule has 0 saturated heterocycles. The van der Waals surface area contributed by atoms with Crippen LogP contribution in [-0.4, -0.2) is 11.7 Å². The maximum atomic E-state index is 9.49.